The van der Waals surface area contributed by atoms with Crippen molar-refractivity contribution in [3.05, 3.63) is 65.9 Å². The molecule has 0 spiro atoms. The number of para-hydroxylation sites is 1. The Morgan fingerprint density at radius 1 is 1.10 bits per heavy atom. The number of H-pyrrole nitrogens is 1. The second-order valence-corrected chi connectivity index (χ2v) is 7.67. The standard InChI is InChI=1S/C23H23FN4O/c1-29-21-4-2-3-15-5-7-18(25-22(15)21)14-28-11-9-16(10-12-28)23-26-19-8-6-17(24)13-20(19)27-23/h2-8,13,16H,9-12,14H2,1H3,(H,26,27). The lowest BCUT2D eigenvalue weighted by Gasteiger charge is -2.30. The van der Waals surface area contributed by atoms with E-state index in [1.165, 1.54) is 12.1 Å². The van der Waals surface area contributed by atoms with Gasteiger partial charge in [-0.25, -0.2) is 14.4 Å². The van der Waals surface area contributed by atoms with E-state index in [1.54, 1.807) is 13.2 Å². The van der Waals surface area contributed by atoms with Gasteiger partial charge in [0.15, 0.2) is 0 Å². The smallest absolute Gasteiger partial charge is 0.145 e. The molecule has 6 heteroatoms. The number of aromatic nitrogens is 3. The zero-order valence-electron chi connectivity index (χ0n) is 16.4. The van der Waals surface area contributed by atoms with Crippen molar-refractivity contribution in [1.29, 1.82) is 0 Å². The molecule has 1 fully saturated rings. The summed E-state index contributed by atoms with van der Waals surface area (Å²) in [5.74, 6) is 1.93. The average Bonchev–Trinajstić information content (AvgIpc) is 3.17. The number of benzene rings is 2. The van der Waals surface area contributed by atoms with Crippen molar-refractivity contribution in [2.45, 2.75) is 25.3 Å². The van der Waals surface area contributed by atoms with E-state index in [2.05, 4.69) is 33.1 Å². The first-order valence-corrected chi connectivity index (χ1v) is 10.00. The highest BCUT2D eigenvalue weighted by atomic mass is 19.1. The fourth-order valence-electron chi connectivity index (χ4n) is 4.20. The number of rotatable bonds is 4. The van der Waals surface area contributed by atoms with Gasteiger partial charge in [0, 0.05) is 17.8 Å². The largest absolute Gasteiger partial charge is 0.494 e. The third kappa shape index (κ3) is 3.56. The van der Waals surface area contributed by atoms with Gasteiger partial charge >= 0.3 is 0 Å². The van der Waals surface area contributed by atoms with Gasteiger partial charge in [-0.15, -0.1) is 0 Å². The molecule has 0 saturated carbocycles. The van der Waals surface area contributed by atoms with Crippen LogP contribution >= 0.6 is 0 Å². The molecule has 5 nitrogen and oxygen atoms in total. The lowest BCUT2D eigenvalue weighted by Crippen LogP contribution is -2.33. The molecular formula is C23H23FN4O. The van der Waals surface area contributed by atoms with Crippen molar-refractivity contribution < 1.29 is 9.13 Å². The number of aromatic amines is 1. The van der Waals surface area contributed by atoms with Crippen LogP contribution in [0.1, 0.15) is 30.3 Å². The topological polar surface area (TPSA) is 54.0 Å². The molecule has 29 heavy (non-hydrogen) atoms. The summed E-state index contributed by atoms with van der Waals surface area (Å²) in [4.78, 5) is 15.2. The van der Waals surface area contributed by atoms with Crippen LogP contribution in [-0.4, -0.2) is 40.1 Å². The fraction of sp³-hybridized carbons (Fsp3) is 0.304. The number of fused-ring (bicyclic) bond motifs is 2. The van der Waals surface area contributed by atoms with Crippen molar-refractivity contribution in [2.75, 3.05) is 20.2 Å². The summed E-state index contributed by atoms with van der Waals surface area (Å²) in [6.45, 7) is 2.80. The van der Waals surface area contributed by atoms with Crippen molar-refractivity contribution in [2.24, 2.45) is 0 Å². The van der Waals surface area contributed by atoms with Crippen LogP contribution in [0, 0.1) is 5.82 Å². The molecule has 1 aliphatic rings. The molecule has 5 rings (SSSR count). The number of nitrogens with zero attached hydrogens (tertiary/aromatic N) is 3. The van der Waals surface area contributed by atoms with Crippen LogP contribution in [0.4, 0.5) is 4.39 Å². The highest BCUT2D eigenvalue weighted by Gasteiger charge is 2.23. The summed E-state index contributed by atoms with van der Waals surface area (Å²) < 4.78 is 18.9. The Morgan fingerprint density at radius 2 is 1.97 bits per heavy atom. The first-order chi connectivity index (χ1) is 14.2. The molecule has 1 N–H and O–H groups in total. The highest BCUT2D eigenvalue weighted by molar-refractivity contribution is 5.84. The summed E-state index contributed by atoms with van der Waals surface area (Å²) in [6, 6.07) is 14.9. The summed E-state index contributed by atoms with van der Waals surface area (Å²) in [5, 5.41) is 1.09. The van der Waals surface area contributed by atoms with Gasteiger partial charge < -0.3 is 9.72 Å². The molecule has 0 aliphatic carbocycles. The van der Waals surface area contributed by atoms with Crippen LogP contribution in [-0.2, 0) is 6.54 Å². The first kappa shape index (κ1) is 18.1. The van der Waals surface area contributed by atoms with Gasteiger partial charge in [-0.2, -0.15) is 0 Å². The molecule has 2 aromatic carbocycles. The molecule has 0 amide bonds. The number of methoxy groups -OCH3 is 1. The van der Waals surface area contributed by atoms with Gasteiger partial charge in [0.1, 0.15) is 22.9 Å². The molecule has 0 unspecified atom stereocenters. The van der Waals surface area contributed by atoms with E-state index >= 15 is 0 Å². The Bertz CT molecular complexity index is 1160. The van der Waals surface area contributed by atoms with E-state index in [0.29, 0.717) is 5.92 Å². The maximum atomic E-state index is 13.4. The van der Waals surface area contributed by atoms with E-state index in [0.717, 1.165) is 71.7 Å². The number of nitrogens with one attached hydrogen (secondary N) is 1. The maximum Gasteiger partial charge on any atom is 0.145 e. The van der Waals surface area contributed by atoms with Crippen molar-refractivity contribution >= 4 is 21.9 Å². The van der Waals surface area contributed by atoms with E-state index in [4.69, 9.17) is 9.72 Å². The third-order valence-electron chi connectivity index (χ3n) is 5.78. The summed E-state index contributed by atoms with van der Waals surface area (Å²) in [7, 11) is 1.68. The second kappa shape index (κ2) is 7.44. The Morgan fingerprint density at radius 3 is 2.79 bits per heavy atom. The average molecular weight is 390 g/mol. The number of ether oxygens (including phenoxy) is 1. The number of halogens is 1. The van der Waals surface area contributed by atoms with E-state index < -0.39 is 0 Å². The van der Waals surface area contributed by atoms with Gasteiger partial charge in [0.05, 0.1) is 23.8 Å². The molecule has 0 radical (unpaired) electrons. The van der Waals surface area contributed by atoms with Crippen LogP contribution in [0.25, 0.3) is 21.9 Å². The normalized spacial score (nSPS) is 15.9. The Hall–Kier alpha value is -2.99. The number of pyridine rings is 1. The number of piperidine rings is 1. The van der Waals surface area contributed by atoms with Crippen molar-refractivity contribution in [3.8, 4) is 5.75 Å². The summed E-state index contributed by atoms with van der Waals surface area (Å²) in [5.41, 5.74) is 3.58. The van der Waals surface area contributed by atoms with E-state index in [1.807, 2.05) is 12.1 Å². The minimum Gasteiger partial charge on any atom is -0.494 e. The molecule has 0 atom stereocenters. The van der Waals surface area contributed by atoms with Gasteiger partial charge in [-0.1, -0.05) is 18.2 Å². The van der Waals surface area contributed by atoms with Gasteiger partial charge in [-0.05, 0) is 56.3 Å². The van der Waals surface area contributed by atoms with Crippen LogP contribution in [0.3, 0.4) is 0 Å². The first-order valence-electron chi connectivity index (χ1n) is 10.00. The number of hydrogen-bond acceptors (Lipinski definition) is 4. The molecule has 0 bridgehead atoms. The lowest BCUT2D eigenvalue weighted by molar-refractivity contribution is 0.200. The zero-order valence-corrected chi connectivity index (χ0v) is 16.4. The molecule has 1 aliphatic heterocycles. The van der Waals surface area contributed by atoms with Gasteiger partial charge in [0.25, 0.3) is 0 Å². The lowest BCUT2D eigenvalue weighted by atomic mass is 9.96. The van der Waals surface area contributed by atoms with Crippen LogP contribution in [0.15, 0.2) is 48.5 Å². The molecule has 148 valence electrons. The molecule has 3 heterocycles. The minimum atomic E-state index is -0.234. The fourth-order valence-corrected chi connectivity index (χ4v) is 4.20. The van der Waals surface area contributed by atoms with E-state index in [-0.39, 0.29) is 5.82 Å². The monoisotopic (exact) mass is 390 g/mol. The van der Waals surface area contributed by atoms with Gasteiger partial charge in [-0.3, -0.25) is 4.90 Å². The second-order valence-electron chi connectivity index (χ2n) is 7.67. The highest BCUT2D eigenvalue weighted by Crippen LogP contribution is 2.29. The summed E-state index contributed by atoms with van der Waals surface area (Å²) >= 11 is 0. The predicted molar refractivity (Wildman–Crippen MR) is 112 cm³/mol. The van der Waals surface area contributed by atoms with Crippen molar-refractivity contribution in [1.82, 2.24) is 19.9 Å². The van der Waals surface area contributed by atoms with Crippen LogP contribution < -0.4 is 4.74 Å². The predicted octanol–water partition coefficient (Wildman–Crippen LogP) is 4.64. The van der Waals surface area contributed by atoms with E-state index in [9.17, 15) is 4.39 Å². The Labute approximate surface area is 168 Å². The van der Waals surface area contributed by atoms with Crippen molar-refractivity contribution in [3.63, 3.8) is 0 Å². The third-order valence-corrected chi connectivity index (χ3v) is 5.78. The maximum absolute atomic E-state index is 13.4. The molecule has 1 saturated heterocycles. The molecule has 4 aromatic rings. The minimum absolute atomic E-state index is 0.234. The number of likely N-dealkylation sites (tertiary alicyclic amines) is 1. The molecular weight excluding hydrogens is 367 g/mol. The van der Waals surface area contributed by atoms with Crippen LogP contribution in [0.5, 0.6) is 5.75 Å². The Kier molecular flexibility index (Phi) is 4.64. The summed E-state index contributed by atoms with van der Waals surface area (Å²) in [6.07, 6.45) is 2.05. The quantitative estimate of drug-likeness (QED) is 0.552. The SMILES string of the molecule is COc1cccc2ccc(CN3CCC(c4nc5ccc(F)cc5[nH]4)CC3)nc12. The van der Waals surface area contributed by atoms with Crippen LogP contribution in [0.2, 0.25) is 0 Å². The Balaban J connectivity index is 1.27. The van der Waals surface area contributed by atoms with Gasteiger partial charge in [0.2, 0.25) is 0 Å². The zero-order chi connectivity index (χ0) is 19.8. The molecule has 2 aromatic heterocycles. The number of hydrogen-bond donors (Lipinski definition) is 1. The number of imidazole rings is 1.